The second-order valence-electron chi connectivity index (χ2n) is 7.63. The van der Waals surface area contributed by atoms with Crippen LogP contribution in [0.1, 0.15) is 52.9 Å². The lowest BCUT2D eigenvalue weighted by Gasteiger charge is -2.68. The first-order valence-electron chi connectivity index (χ1n) is 6.51. The summed E-state index contributed by atoms with van der Waals surface area (Å²) in [4.78, 5) is 0. The molecule has 3 atom stereocenters. The largest absolute Gasteiger partial charge is 0.396 e. The molecule has 1 heteroatoms. The quantitative estimate of drug-likeness (QED) is 0.701. The average molecular weight is 208 g/mol. The van der Waals surface area contributed by atoms with E-state index in [4.69, 9.17) is 0 Å². The molecule has 4 aliphatic rings. The molecule has 4 aliphatic carbocycles. The number of hydrogen-bond acceptors (Lipinski definition) is 1. The lowest BCUT2D eigenvalue weighted by Crippen LogP contribution is -2.60. The van der Waals surface area contributed by atoms with Crippen molar-refractivity contribution in [1.29, 1.82) is 0 Å². The van der Waals surface area contributed by atoms with Gasteiger partial charge in [-0.05, 0) is 60.2 Å². The van der Waals surface area contributed by atoms with E-state index in [9.17, 15) is 5.11 Å². The van der Waals surface area contributed by atoms with E-state index in [-0.39, 0.29) is 5.41 Å². The normalized spacial score (nSPS) is 62.4. The Morgan fingerprint density at radius 2 is 1.60 bits per heavy atom. The smallest absolute Gasteiger partial charge is 0.0490 e. The highest BCUT2D eigenvalue weighted by atomic mass is 16.3. The minimum Gasteiger partial charge on any atom is -0.396 e. The Labute approximate surface area is 93.3 Å². The van der Waals surface area contributed by atoms with Gasteiger partial charge in [0.15, 0.2) is 0 Å². The van der Waals surface area contributed by atoms with Crippen molar-refractivity contribution in [1.82, 2.24) is 0 Å². The molecule has 0 amide bonds. The summed E-state index contributed by atoms with van der Waals surface area (Å²) in [6.07, 6.45) is 6.81. The maximum atomic E-state index is 9.83. The fourth-order valence-corrected chi connectivity index (χ4v) is 5.98. The molecule has 1 nitrogen and oxygen atoms in total. The summed E-state index contributed by atoms with van der Waals surface area (Å²) in [5, 5.41) is 9.83. The summed E-state index contributed by atoms with van der Waals surface area (Å²) in [5.74, 6) is 1.65. The summed E-state index contributed by atoms with van der Waals surface area (Å²) >= 11 is 0. The first-order valence-corrected chi connectivity index (χ1v) is 6.51. The van der Waals surface area contributed by atoms with Gasteiger partial charge >= 0.3 is 0 Å². The van der Waals surface area contributed by atoms with Crippen molar-refractivity contribution in [2.45, 2.75) is 52.9 Å². The van der Waals surface area contributed by atoms with Crippen LogP contribution in [0, 0.1) is 28.1 Å². The van der Waals surface area contributed by atoms with Crippen LogP contribution >= 0.6 is 0 Å². The second-order valence-corrected chi connectivity index (χ2v) is 7.63. The monoisotopic (exact) mass is 208 g/mol. The molecule has 15 heavy (non-hydrogen) atoms. The number of hydrogen-bond donors (Lipinski definition) is 1. The van der Waals surface area contributed by atoms with Gasteiger partial charge in [0.1, 0.15) is 0 Å². The summed E-state index contributed by atoms with van der Waals surface area (Å²) < 4.78 is 0. The van der Waals surface area contributed by atoms with Crippen molar-refractivity contribution in [3.63, 3.8) is 0 Å². The molecule has 0 radical (unpaired) electrons. The van der Waals surface area contributed by atoms with E-state index < -0.39 is 0 Å². The third-order valence-electron chi connectivity index (χ3n) is 5.91. The summed E-state index contributed by atoms with van der Waals surface area (Å²) in [5.41, 5.74) is 1.37. The van der Waals surface area contributed by atoms with Crippen LogP contribution in [0.25, 0.3) is 0 Å². The number of aliphatic hydroxyl groups is 1. The molecule has 86 valence electrons. The predicted molar refractivity (Wildman–Crippen MR) is 61.5 cm³/mol. The SMILES string of the molecule is CC1C2CC3(C)CC(C)(C2)CC1(CO)C3. The highest BCUT2D eigenvalue weighted by Crippen LogP contribution is 2.71. The van der Waals surface area contributed by atoms with Crippen LogP contribution in [0.4, 0.5) is 0 Å². The van der Waals surface area contributed by atoms with Gasteiger partial charge < -0.3 is 5.11 Å². The molecule has 0 aliphatic heterocycles. The molecule has 0 aromatic rings. The molecular formula is C14H24O. The molecule has 4 rings (SSSR count). The molecule has 0 heterocycles. The Kier molecular flexibility index (Phi) is 1.77. The van der Waals surface area contributed by atoms with Crippen molar-refractivity contribution in [2.24, 2.45) is 28.1 Å². The van der Waals surface area contributed by atoms with Crippen LogP contribution < -0.4 is 0 Å². The zero-order valence-corrected chi connectivity index (χ0v) is 10.3. The first kappa shape index (κ1) is 10.1. The van der Waals surface area contributed by atoms with Crippen molar-refractivity contribution in [3.05, 3.63) is 0 Å². The van der Waals surface area contributed by atoms with Crippen LogP contribution in [0.15, 0.2) is 0 Å². The standard InChI is InChI=1S/C14H24O/c1-10-11-4-12(2)6-13(3,5-11)8-14(10,7-12)9-15/h10-11,15H,4-9H2,1-3H3. The van der Waals surface area contributed by atoms with E-state index in [1.54, 1.807) is 0 Å². The molecular weight excluding hydrogens is 184 g/mol. The maximum Gasteiger partial charge on any atom is 0.0490 e. The maximum absolute atomic E-state index is 9.83. The Balaban J connectivity index is 2.05. The minimum absolute atomic E-state index is 0.281. The van der Waals surface area contributed by atoms with E-state index in [1.807, 2.05) is 0 Å². The van der Waals surface area contributed by atoms with Gasteiger partial charge in [-0.15, -0.1) is 0 Å². The molecule has 4 bridgehead atoms. The van der Waals surface area contributed by atoms with Crippen LogP contribution in [-0.2, 0) is 0 Å². The minimum atomic E-state index is 0.281. The van der Waals surface area contributed by atoms with Crippen molar-refractivity contribution in [3.8, 4) is 0 Å². The van der Waals surface area contributed by atoms with E-state index >= 15 is 0 Å². The Morgan fingerprint density at radius 3 is 2.07 bits per heavy atom. The molecule has 4 fully saturated rings. The molecule has 0 spiro atoms. The summed E-state index contributed by atoms with van der Waals surface area (Å²) in [6.45, 7) is 7.75. The molecule has 0 aromatic heterocycles. The van der Waals surface area contributed by atoms with Gasteiger partial charge in [-0.1, -0.05) is 20.8 Å². The first-order chi connectivity index (χ1) is 6.90. The van der Waals surface area contributed by atoms with Crippen LogP contribution in [0.5, 0.6) is 0 Å². The third-order valence-corrected chi connectivity index (χ3v) is 5.91. The van der Waals surface area contributed by atoms with Crippen molar-refractivity contribution in [2.75, 3.05) is 6.61 Å². The van der Waals surface area contributed by atoms with Crippen LogP contribution in [-0.4, -0.2) is 11.7 Å². The highest BCUT2D eigenvalue weighted by Gasteiger charge is 2.62. The summed E-state index contributed by atoms with van der Waals surface area (Å²) in [6, 6.07) is 0. The van der Waals surface area contributed by atoms with Gasteiger partial charge in [0, 0.05) is 6.61 Å². The fraction of sp³-hybridized carbons (Fsp3) is 1.00. The average Bonchev–Trinajstić information content (AvgIpc) is 2.10. The zero-order valence-electron chi connectivity index (χ0n) is 10.3. The number of rotatable bonds is 1. The second kappa shape index (κ2) is 2.61. The lowest BCUT2D eigenvalue weighted by molar-refractivity contribution is -0.194. The Bertz CT molecular complexity index is 278. The topological polar surface area (TPSA) is 20.2 Å². The predicted octanol–water partition coefficient (Wildman–Crippen LogP) is 3.22. The Morgan fingerprint density at radius 1 is 1.07 bits per heavy atom. The third kappa shape index (κ3) is 1.19. The van der Waals surface area contributed by atoms with Gasteiger partial charge in [-0.2, -0.15) is 0 Å². The van der Waals surface area contributed by atoms with Gasteiger partial charge in [-0.25, -0.2) is 0 Å². The molecule has 0 aromatic carbocycles. The van der Waals surface area contributed by atoms with Crippen molar-refractivity contribution >= 4 is 0 Å². The molecule has 0 saturated heterocycles. The molecule has 1 N–H and O–H groups in total. The summed E-state index contributed by atoms with van der Waals surface area (Å²) in [7, 11) is 0. The van der Waals surface area contributed by atoms with E-state index in [0.29, 0.717) is 17.4 Å². The lowest BCUT2D eigenvalue weighted by atomic mass is 9.37. The molecule has 3 unspecified atom stereocenters. The zero-order chi connectivity index (χ0) is 10.9. The van der Waals surface area contributed by atoms with E-state index in [0.717, 1.165) is 11.8 Å². The highest BCUT2D eigenvalue weighted by molar-refractivity contribution is 5.12. The van der Waals surface area contributed by atoms with Gasteiger partial charge in [0.25, 0.3) is 0 Å². The van der Waals surface area contributed by atoms with Crippen molar-refractivity contribution < 1.29 is 5.11 Å². The van der Waals surface area contributed by atoms with Crippen LogP contribution in [0.3, 0.4) is 0 Å². The van der Waals surface area contributed by atoms with E-state index in [1.165, 1.54) is 32.1 Å². The Hall–Kier alpha value is -0.0400. The fourth-order valence-electron chi connectivity index (χ4n) is 5.98. The van der Waals surface area contributed by atoms with Crippen LogP contribution in [0.2, 0.25) is 0 Å². The van der Waals surface area contributed by atoms with Gasteiger partial charge in [-0.3, -0.25) is 0 Å². The van der Waals surface area contributed by atoms with Gasteiger partial charge in [0.2, 0.25) is 0 Å². The van der Waals surface area contributed by atoms with Gasteiger partial charge in [0.05, 0.1) is 0 Å². The van der Waals surface area contributed by atoms with E-state index in [2.05, 4.69) is 20.8 Å². The molecule has 4 saturated carbocycles. The number of aliphatic hydroxyl groups excluding tert-OH is 1.